The molecule has 3 rings (SSSR count). The number of thiazole rings is 1. The van der Waals surface area contributed by atoms with Gasteiger partial charge >= 0.3 is 0 Å². The van der Waals surface area contributed by atoms with Crippen LogP contribution >= 0.6 is 11.3 Å². The highest BCUT2D eigenvalue weighted by Crippen LogP contribution is 2.27. The summed E-state index contributed by atoms with van der Waals surface area (Å²) in [5.74, 6) is 0.830. The summed E-state index contributed by atoms with van der Waals surface area (Å²) in [5.41, 5.74) is 9.48. The van der Waals surface area contributed by atoms with Crippen molar-refractivity contribution in [2.75, 3.05) is 0 Å². The zero-order chi connectivity index (χ0) is 14.3. The summed E-state index contributed by atoms with van der Waals surface area (Å²) in [4.78, 5) is 5.80. The molecule has 0 radical (unpaired) electrons. The SMILES string of the molecule is Cc1ccc2oc(C(N)Cc3nc(C)c(C)s3)cc2c1. The fourth-order valence-electron chi connectivity index (χ4n) is 2.28. The molecule has 104 valence electrons. The summed E-state index contributed by atoms with van der Waals surface area (Å²) in [7, 11) is 0. The van der Waals surface area contributed by atoms with Crippen molar-refractivity contribution in [1.82, 2.24) is 4.98 Å². The van der Waals surface area contributed by atoms with Gasteiger partial charge < -0.3 is 10.2 Å². The third kappa shape index (κ3) is 2.49. The van der Waals surface area contributed by atoms with Crippen LogP contribution in [0.15, 0.2) is 28.7 Å². The van der Waals surface area contributed by atoms with Gasteiger partial charge in [0.15, 0.2) is 0 Å². The van der Waals surface area contributed by atoms with Crippen molar-refractivity contribution < 1.29 is 4.42 Å². The average molecular weight is 286 g/mol. The smallest absolute Gasteiger partial charge is 0.134 e. The van der Waals surface area contributed by atoms with E-state index in [1.807, 2.05) is 19.1 Å². The van der Waals surface area contributed by atoms with Gasteiger partial charge in [-0.1, -0.05) is 11.6 Å². The van der Waals surface area contributed by atoms with Crippen LogP contribution in [0, 0.1) is 20.8 Å². The maximum absolute atomic E-state index is 6.26. The first kappa shape index (κ1) is 13.3. The maximum Gasteiger partial charge on any atom is 0.134 e. The molecule has 0 aliphatic rings. The maximum atomic E-state index is 6.26. The van der Waals surface area contributed by atoms with E-state index in [0.29, 0.717) is 0 Å². The Bertz CT molecular complexity index is 738. The summed E-state index contributed by atoms with van der Waals surface area (Å²) < 4.78 is 5.85. The number of nitrogens with zero attached hydrogens (tertiary/aromatic N) is 1. The van der Waals surface area contributed by atoms with Crippen LogP contribution in [0.5, 0.6) is 0 Å². The quantitative estimate of drug-likeness (QED) is 0.790. The minimum Gasteiger partial charge on any atom is -0.459 e. The second kappa shape index (κ2) is 5.04. The zero-order valence-corrected chi connectivity index (χ0v) is 12.8. The number of aryl methyl sites for hydroxylation is 3. The minimum atomic E-state index is -0.146. The number of hydrogen-bond acceptors (Lipinski definition) is 4. The van der Waals surface area contributed by atoms with Gasteiger partial charge in [-0.15, -0.1) is 11.3 Å². The topological polar surface area (TPSA) is 52.0 Å². The Morgan fingerprint density at radius 2 is 2.05 bits per heavy atom. The fraction of sp³-hybridized carbons (Fsp3) is 0.312. The Morgan fingerprint density at radius 1 is 1.25 bits per heavy atom. The number of rotatable bonds is 3. The van der Waals surface area contributed by atoms with Crippen molar-refractivity contribution in [3.05, 3.63) is 51.2 Å². The largest absolute Gasteiger partial charge is 0.459 e. The Morgan fingerprint density at radius 3 is 2.75 bits per heavy atom. The van der Waals surface area contributed by atoms with E-state index < -0.39 is 0 Å². The molecule has 4 heteroatoms. The fourth-order valence-corrected chi connectivity index (χ4v) is 3.27. The lowest BCUT2D eigenvalue weighted by Crippen LogP contribution is -2.12. The lowest BCUT2D eigenvalue weighted by Gasteiger charge is -2.05. The lowest BCUT2D eigenvalue weighted by molar-refractivity contribution is 0.493. The van der Waals surface area contributed by atoms with Gasteiger partial charge in [-0.25, -0.2) is 4.98 Å². The van der Waals surface area contributed by atoms with Gasteiger partial charge in [-0.2, -0.15) is 0 Å². The van der Waals surface area contributed by atoms with Crippen LogP contribution in [-0.4, -0.2) is 4.98 Å². The molecule has 2 aromatic heterocycles. The van der Waals surface area contributed by atoms with Crippen molar-refractivity contribution in [2.45, 2.75) is 33.2 Å². The number of hydrogen-bond donors (Lipinski definition) is 1. The molecule has 0 saturated heterocycles. The molecule has 1 atom stereocenters. The van der Waals surface area contributed by atoms with Crippen LogP contribution in [0.25, 0.3) is 11.0 Å². The van der Waals surface area contributed by atoms with E-state index in [4.69, 9.17) is 10.2 Å². The van der Waals surface area contributed by atoms with Crippen molar-refractivity contribution in [3.8, 4) is 0 Å². The van der Waals surface area contributed by atoms with Gasteiger partial charge in [0.2, 0.25) is 0 Å². The van der Waals surface area contributed by atoms with Crippen molar-refractivity contribution in [3.63, 3.8) is 0 Å². The van der Waals surface area contributed by atoms with E-state index in [9.17, 15) is 0 Å². The first-order chi connectivity index (χ1) is 9.52. The normalized spacial score (nSPS) is 13.0. The lowest BCUT2D eigenvalue weighted by atomic mass is 10.1. The molecule has 2 heterocycles. The summed E-state index contributed by atoms with van der Waals surface area (Å²) in [6.07, 6.45) is 0.720. The molecular weight excluding hydrogens is 268 g/mol. The van der Waals surface area contributed by atoms with Crippen molar-refractivity contribution >= 4 is 22.3 Å². The molecule has 0 bridgehead atoms. The molecule has 2 N–H and O–H groups in total. The summed E-state index contributed by atoms with van der Waals surface area (Å²) in [6, 6.07) is 8.06. The predicted molar refractivity (Wildman–Crippen MR) is 83.2 cm³/mol. The van der Waals surface area contributed by atoms with E-state index >= 15 is 0 Å². The third-order valence-electron chi connectivity index (χ3n) is 3.52. The molecule has 0 spiro atoms. The Labute approximate surface area is 122 Å². The molecule has 20 heavy (non-hydrogen) atoms. The van der Waals surface area contributed by atoms with Gasteiger partial charge in [-0.05, 0) is 39.0 Å². The van der Waals surface area contributed by atoms with Gasteiger partial charge in [-0.3, -0.25) is 0 Å². The number of furan rings is 1. The predicted octanol–water partition coefficient (Wildman–Crippen LogP) is 4.06. The molecule has 1 aromatic carbocycles. The highest BCUT2D eigenvalue weighted by Gasteiger charge is 2.15. The Balaban J connectivity index is 1.86. The second-order valence-corrected chi connectivity index (χ2v) is 6.54. The van der Waals surface area contributed by atoms with E-state index in [1.165, 1.54) is 10.4 Å². The van der Waals surface area contributed by atoms with E-state index in [-0.39, 0.29) is 6.04 Å². The molecule has 0 amide bonds. The highest BCUT2D eigenvalue weighted by molar-refractivity contribution is 7.11. The summed E-state index contributed by atoms with van der Waals surface area (Å²) >= 11 is 1.71. The van der Waals surface area contributed by atoms with Gasteiger partial charge in [0, 0.05) is 16.7 Å². The molecule has 0 aliphatic heterocycles. The molecule has 1 unspecified atom stereocenters. The molecular formula is C16H18N2OS. The van der Waals surface area contributed by atoms with Crippen LogP contribution in [0.4, 0.5) is 0 Å². The van der Waals surface area contributed by atoms with Gasteiger partial charge in [0.05, 0.1) is 16.7 Å². The first-order valence-electron chi connectivity index (χ1n) is 6.71. The summed E-state index contributed by atoms with van der Waals surface area (Å²) in [5, 5.41) is 2.19. The standard InChI is InChI=1S/C16H18N2OS/c1-9-4-5-14-12(6-9)7-15(19-14)13(17)8-16-18-10(2)11(3)20-16/h4-7,13H,8,17H2,1-3H3. The van der Waals surface area contributed by atoms with Crippen molar-refractivity contribution in [2.24, 2.45) is 5.73 Å². The Hall–Kier alpha value is -1.65. The van der Waals surface area contributed by atoms with Crippen LogP contribution in [0.3, 0.4) is 0 Å². The van der Waals surface area contributed by atoms with E-state index in [1.54, 1.807) is 11.3 Å². The van der Waals surface area contributed by atoms with E-state index in [0.717, 1.165) is 33.9 Å². The summed E-state index contributed by atoms with van der Waals surface area (Å²) in [6.45, 7) is 6.20. The van der Waals surface area contributed by atoms with Crippen LogP contribution < -0.4 is 5.73 Å². The molecule has 0 saturated carbocycles. The van der Waals surface area contributed by atoms with Gasteiger partial charge in [0.25, 0.3) is 0 Å². The van der Waals surface area contributed by atoms with E-state index in [2.05, 4.69) is 31.0 Å². The first-order valence-corrected chi connectivity index (χ1v) is 7.53. The highest BCUT2D eigenvalue weighted by atomic mass is 32.1. The molecule has 0 fully saturated rings. The van der Waals surface area contributed by atoms with Crippen molar-refractivity contribution in [1.29, 1.82) is 0 Å². The molecule has 0 aliphatic carbocycles. The molecule has 3 aromatic rings. The average Bonchev–Trinajstić information content (AvgIpc) is 2.93. The second-order valence-electron chi connectivity index (χ2n) is 5.25. The van der Waals surface area contributed by atoms with Crippen LogP contribution in [-0.2, 0) is 6.42 Å². The third-order valence-corrected chi connectivity index (χ3v) is 4.62. The number of nitrogens with two attached hydrogens (primary N) is 1. The van der Waals surface area contributed by atoms with Crippen LogP contribution in [0.1, 0.15) is 32.9 Å². The molecule has 3 nitrogen and oxygen atoms in total. The minimum absolute atomic E-state index is 0.146. The van der Waals surface area contributed by atoms with Crippen LogP contribution in [0.2, 0.25) is 0 Å². The monoisotopic (exact) mass is 286 g/mol. The number of fused-ring (bicyclic) bond motifs is 1. The Kier molecular flexibility index (Phi) is 3.36. The number of benzene rings is 1. The number of aromatic nitrogens is 1. The zero-order valence-electron chi connectivity index (χ0n) is 11.9. The van der Waals surface area contributed by atoms with Gasteiger partial charge in [0.1, 0.15) is 11.3 Å².